The van der Waals surface area contributed by atoms with Crippen molar-refractivity contribution < 1.29 is 18.3 Å². The minimum Gasteiger partial charge on any atom is -0.480 e. The molecule has 0 aliphatic carbocycles. The number of benzene rings is 3. The predicted molar refractivity (Wildman–Crippen MR) is 123 cm³/mol. The van der Waals surface area contributed by atoms with Gasteiger partial charge in [0.2, 0.25) is 0 Å². The molecule has 1 aromatic heterocycles. The maximum absolute atomic E-state index is 13.7. The van der Waals surface area contributed by atoms with Crippen LogP contribution in [0.4, 0.5) is 5.69 Å². The van der Waals surface area contributed by atoms with Gasteiger partial charge in [-0.15, -0.1) is 0 Å². The average molecular weight is 486 g/mol. The number of carboxylic acids is 1. The van der Waals surface area contributed by atoms with E-state index in [1.54, 1.807) is 36.4 Å². The van der Waals surface area contributed by atoms with Crippen LogP contribution in [0.5, 0.6) is 0 Å². The summed E-state index contributed by atoms with van der Waals surface area (Å²) in [7, 11) is -4.19. The number of anilines is 1. The van der Waals surface area contributed by atoms with E-state index in [0.29, 0.717) is 16.6 Å². The molecule has 1 aliphatic heterocycles. The lowest BCUT2D eigenvalue weighted by Crippen LogP contribution is -2.52. The van der Waals surface area contributed by atoms with E-state index < -0.39 is 28.0 Å². The SMILES string of the molecule is Cc1cc(C2c3ccccc3S(=O)(=O)N(c3ccccc3Cl)C2C(=O)O)cc2nsnc12. The molecule has 7 nitrogen and oxygen atoms in total. The van der Waals surface area contributed by atoms with E-state index in [4.69, 9.17) is 11.6 Å². The Kier molecular flexibility index (Phi) is 4.92. The fourth-order valence-corrected chi connectivity index (χ4v) is 7.06. The van der Waals surface area contributed by atoms with Gasteiger partial charge in [0.05, 0.1) is 27.3 Å². The highest BCUT2D eigenvalue weighted by Crippen LogP contribution is 2.46. The lowest BCUT2D eigenvalue weighted by atomic mass is 9.83. The van der Waals surface area contributed by atoms with Crippen molar-refractivity contribution in [3.05, 3.63) is 82.4 Å². The van der Waals surface area contributed by atoms with Crippen molar-refractivity contribution in [3.8, 4) is 0 Å². The monoisotopic (exact) mass is 485 g/mol. The van der Waals surface area contributed by atoms with E-state index >= 15 is 0 Å². The lowest BCUT2D eigenvalue weighted by molar-refractivity contribution is -0.138. The van der Waals surface area contributed by atoms with Gasteiger partial charge in [0, 0.05) is 5.92 Å². The Labute approximate surface area is 193 Å². The minimum absolute atomic E-state index is 0.0524. The third-order valence-electron chi connectivity index (χ3n) is 5.64. The lowest BCUT2D eigenvalue weighted by Gasteiger charge is -2.41. The molecule has 0 bridgehead atoms. The van der Waals surface area contributed by atoms with Crippen molar-refractivity contribution in [2.24, 2.45) is 0 Å². The van der Waals surface area contributed by atoms with Gasteiger partial charge < -0.3 is 5.11 Å². The first kappa shape index (κ1) is 20.9. The second-order valence-electron chi connectivity index (χ2n) is 7.52. The van der Waals surface area contributed by atoms with Crippen LogP contribution in [0.15, 0.2) is 65.6 Å². The minimum atomic E-state index is -4.19. The Morgan fingerprint density at radius 3 is 2.56 bits per heavy atom. The molecule has 32 heavy (non-hydrogen) atoms. The molecule has 1 N–H and O–H groups in total. The molecule has 2 atom stereocenters. The molecule has 0 spiro atoms. The Balaban J connectivity index is 1.85. The molecule has 4 aromatic rings. The number of sulfonamides is 1. The molecule has 162 valence electrons. The van der Waals surface area contributed by atoms with Crippen molar-refractivity contribution in [1.29, 1.82) is 0 Å². The van der Waals surface area contributed by atoms with Gasteiger partial charge in [-0.1, -0.05) is 48.0 Å². The highest BCUT2D eigenvalue weighted by Gasteiger charge is 2.49. The van der Waals surface area contributed by atoms with Gasteiger partial charge >= 0.3 is 5.97 Å². The van der Waals surface area contributed by atoms with Crippen molar-refractivity contribution in [2.45, 2.75) is 23.8 Å². The molecule has 0 saturated heterocycles. The standard InChI is InChI=1S/C22H16ClN3O4S2/c1-12-10-13(11-16-20(12)25-31-24-16)19-14-6-2-5-9-18(14)32(29,30)26(21(19)22(27)28)17-8-4-3-7-15(17)23/h2-11,19,21H,1H3,(H,27,28). The summed E-state index contributed by atoms with van der Waals surface area (Å²) in [4.78, 5) is 12.7. The zero-order valence-electron chi connectivity index (χ0n) is 16.6. The summed E-state index contributed by atoms with van der Waals surface area (Å²) in [6.45, 7) is 1.88. The maximum atomic E-state index is 13.7. The molecule has 0 saturated carbocycles. The number of halogens is 1. The van der Waals surface area contributed by atoms with Gasteiger partial charge in [0.1, 0.15) is 11.0 Å². The quantitative estimate of drug-likeness (QED) is 0.460. The Morgan fingerprint density at radius 1 is 1.09 bits per heavy atom. The van der Waals surface area contributed by atoms with Crippen LogP contribution in [-0.2, 0) is 14.8 Å². The molecule has 0 amide bonds. The van der Waals surface area contributed by atoms with E-state index in [1.807, 2.05) is 13.0 Å². The Morgan fingerprint density at radius 2 is 1.81 bits per heavy atom. The number of aromatic nitrogens is 2. The molecule has 10 heteroatoms. The number of para-hydroxylation sites is 1. The second-order valence-corrected chi connectivity index (χ2v) is 10.2. The smallest absolute Gasteiger partial charge is 0.328 e. The van der Waals surface area contributed by atoms with Crippen LogP contribution in [0.3, 0.4) is 0 Å². The zero-order chi connectivity index (χ0) is 22.6. The fraction of sp³-hybridized carbons (Fsp3) is 0.136. The van der Waals surface area contributed by atoms with E-state index in [0.717, 1.165) is 27.1 Å². The molecule has 5 rings (SSSR count). The van der Waals surface area contributed by atoms with Crippen molar-refractivity contribution in [2.75, 3.05) is 4.31 Å². The van der Waals surface area contributed by atoms with Gasteiger partial charge in [-0.2, -0.15) is 8.75 Å². The third-order valence-corrected chi connectivity index (χ3v) is 8.37. The molecule has 2 heterocycles. The summed E-state index contributed by atoms with van der Waals surface area (Å²) in [5, 5.41) is 10.5. The summed E-state index contributed by atoms with van der Waals surface area (Å²) in [6.07, 6.45) is 0. The zero-order valence-corrected chi connectivity index (χ0v) is 19.0. The van der Waals surface area contributed by atoms with E-state index in [2.05, 4.69) is 8.75 Å². The number of fused-ring (bicyclic) bond motifs is 2. The number of hydrogen-bond donors (Lipinski definition) is 1. The molecular weight excluding hydrogens is 470 g/mol. The number of aliphatic carboxylic acids is 1. The summed E-state index contributed by atoms with van der Waals surface area (Å²) >= 11 is 7.42. The van der Waals surface area contributed by atoms with Gasteiger partial charge in [-0.3, -0.25) is 0 Å². The van der Waals surface area contributed by atoms with Crippen LogP contribution in [0.1, 0.15) is 22.6 Å². The first-order valence-corrected chi connectivity index (χ1v) is 12.2. The summed E-state index contributed by atoms with van der Waals surface area (Å²) in [5.41, 5.74) is 3.41. The number of carboxylic acid groups (broad SMARTS) is 1. The molecule has 2 unspecified atom stereocenters. The van der Waals surface area contributed by atoms with Gasteiger partial charge in [0.25, 0.3) is 10.0 Å². The number of aryl methyl sites for hydroxylation is 1. The fourth-order valence-electron chi connectivity index (χ4n) is 4.31. The molecular formula is C22H16ClN3O4S2. The van der Waals surface area contributed by atoms with E-state index in [1.165, 1.54) is 18.2 Å². The highest BCUT2D eigenvalue weighted by molar-refractivity contribution is 7.93. The van der Waals surface area contributed by atoms with Crippen LogP contribution >= 0.6 is 23.3 Å². The van der Waals surface area contributed by atoms with Crippen molar-refractivity contribution in [1.82, 2.24) is 8.75 Å². The molecule has 3 aromatic carbocycles. The van der Waals surface area contributed by atoms with Gasteiger partial charge in [-0.05, 0) is 47.9 Å². The van der Waals surface area contributed by atoms with Crippen LogP contribution in [0.2, 0.25) is 5.02 Å². The number of rotatable bonds is 3. The first-order chi connectivity index (χ1) is 15.3. The Hall–Kier alpha value is -3.01. The number of hydrogen-bond acceptors (Lipinski definition) is 6. The van der Waals surface area contributed by atoms with Crippen LogP contribution in [0, 0.1) is 6.92 Å². The van der Waals surface area contributed by atoms with Gasteiger partial charge in [0.15, 0.2) is 6.04 Å². The molecule has 0 radical (unpaired) electrons. The second kappa shape index (κ2) is 7.54. The summed E-state index contributed by atoms with van der Waals surface area (Å²) < 4.78 is 36.9. The van der Waals surface area contributed by atoms with E-state index in [-0.39, 0.29) is 15.6 Å². The Bertz CT molecular complexity index is 1490. The number of nitrogens with zero attached hydrogens (tertiary/aromatic N) is 3. The third kappa shape index (κ3) is 3.08. The van der Waals surface area contributed by atoms with Crippen LogP contribution in [0.25, 0.3) is 11.0 Å². The van der Waals surface area contributed by atoms with Crippen LogP contribution < -0.4 is 4.31 Å². The maximum Gasteiger partial charge on any atom is 0.328 e. The highest BCUT2D eigenvalue weighted by atomic mass is 35.5. The van der Waals surface area contributed by atoms with Crippen molar-refractivity contribution >= 4 is 56.0 Å². The largest absolute Gasteiger partial charge is 0.480 e. The normalized spacial score (nSPS) is 19.6. The van der Waals surface area contributed by atoms with Crippen molar-refractivity contribution in [3.63, 3.8) is 0 Å². The number of carbonyl (C=O) groups is 1. The summed E-state index contributed by atoms with van der Waals surface area (Å²) in [6, 6.07) is 15.0. The van der Waals surface area contributed by atoms with Gasteiger partial charge in [-0.25, -0.2) is 17.5 Å². The predicted octanol–water partition coefficient (Wildman–Crippen LogP) is 4.45. The summed E-state index contributed by atoms with van der Waals surface area (Å²) in [5.74, 6) is -2.06. The molecule has 1 aliphatic rings. The first-order valence-electron chi connectivity index (χ1n) is 9.64. The molecule has 0 fully saturated rings. The van der Waals surface area contributed by atoms with E-state index in [9.17, 15) is 18.3 Å². The topological polar surface area (TPSA) is 100 Å². The average Bonchev–Trinajstić information content (AvgIpc) is 3.23. The van der Waals surface area contributed by atoms with Crippen LogP contribution in [-0.4, -0.2) is 34.3 Å².